The minimum Gasteiger partial charge on any atom is -0.497 e. The van der Waals surface area contributed by atoms with E-state index in [2.05, 4.69) is 25.1 Å². The molecule has 0 unspecified atom stereocenters. The highest BCUT2D eigenvalue weighted by molar-refractivity contribution is 5.73. The van der Waals surface area contributed by atoms with Crippen molar-refractivity contribution in [3.05, 3.63) is 35.4 Å². The number of hydrogen-bond acceptors (Lipinski definition) is 1. The quantitative estimate of drug-likeness (QED) is 0.690. The Kier molecular flexibility index (Phi) is 2.58. The molecule has 0 spiro atoms. The van der Waals surface area contributed by atoms with Gasteiger partial charge in [-0.15, -0.1) is 0 Å². The van der Waals surface area contributed by atoms with E-state index in [0.717, 1.165) is 12.2 Å². The van der Waals surface area contributed by atoms with Crippen LogP contribution in [-0.4, -0.2) is 7.11 Å². The maximum Gasteiger partial charge on any atom is 0.119 e. The van der Waals surface area contributed by atoms with Crippen LogP contribution in [0, 0.1) is 0 Å². The van der Waals surface area contributed by atoms with E-state index in [4.69, 9.17) is 4.74 Å². The van der Waals surface area contributed by atoms with Crippen LogP contribution in [-0.2, 0) is 6.42 Å². The number of methoxy groups -OCH3 is 1. The lowest BCUT2D eigenvalue weighted by Crippen LogP contribution is -1.86. The molecule has 0 bridgehead atoms. The monoisotopic (exact) mass is 188 g/mol. The second-order valence-corrected chi connectivity index (χ2v) is 3.66. The van der Waals surface area contributed by atoms with E-state index in [1.165, 1.54) is 29.5 Å². The van der Waals surface area contributed by atoms with Crippen molar-refractivity contribution in [2.45, 2.75) is 26.2 Å². The van der Waals surface area contributed by atoms with Gasteiger partial charge in [0.05, 0.1) is 7.11 Å². The Labute approximate surface area is 85.4 Å². The molecule has 74 valence electrons. The highest BCUT2D eigenvalue weighted by Gasteiger charge is 2.15. The zero-order valence-corrected chi connectivity index (χ0v) is 8.84. The van der Waals surface area contributed by atoms with E-state index in [1.807, 2.05) is 6.07 Å². The molecule has 0 saturated heterocycles. The zero-order valence-electron chi connectivity index (χ0n) is 8.84. The second kappa shape index (κ2) is 3.87. The molecule has 1 aliphatic rings. The maximum absolute atomic E-state index is 5.24. The maximum atomic E-state index is 5.24. The number of benzene rings is 1. The van der Waals surface area contributed by atoms with Crippen LogP contribution in [0.4, 0.5) is 0 Å². The summed E-state index contributed by atoms with van der Waals surface area (Å²) in [5, 5.41) is 0. The van der Waals surface area contributed by atoms with Gasteiger partial charge in [-0.25, -0.2) is 0 Å². The van der Waals surface area contributed by atoms with Gasteiger partial charge in [-0.1, -0.05) is 19.1 Å². The molecule has 0 radical (unpaired) electrons. The Morgan fingerprint density at radius 2 is 2.21 bits per heavy atom. The van der Waals surface area contributed by atoms with Crippen molar-refractivity contribution in [1.29, 1.82) is 0 Å². The summed E-state index contributed by atoms with van der Waals surface area (Å²) >= 11 is 0. The molecule has 1 heteroatoms. The van der Waals surface area contributed by atoms with E-state index in [0.29, 0.717) is 0 Å². The molecule has 0 atom stereocenters. The number of aryl methyl sites for hydroxylation is 1. The van der Waals surface area contributed by atoms with Crippen LogP contribution >= 0.6 is 0 Å². The summed E-state index contributed by atoms with van der Waals surface area (Å²) in [6.07, 6.45) is 5.82. The molecule has 0 fully saturated rings. The highest BCUT2D eigenvalue weighted by atomic mass is 16.5. The molecule has 0 aliphatic heterocycles. The van der Waals surface area contributed by atoms with Crippen molar-refractivity contribution in [2.24, 2.45) is 0 Å². The van der Waals surface area contributed by atoms with Gasteiger partial charge in [-0.05, 0) is 48.1 Å². The normalized spacial score (nSPS) is 17.1. The molecule has 0 N–H and O–H groups in total. The van der Waals surface area contributed by atoms with Gasteiger partial charge in [0.1, 0.15) is 5.75 Å². The van der Waals surface area contributed by atoms with Gasteiger partial charge < -0.3 is 4.74 Å². The van der Waals surface area contributed by atoms with Gasteiger partial charge in [0, 0.05) is 0 Å². The fourth-order valence-electron chi connectivity index (χ4n) is 2.06. The van der Waals surface area contributed by atoms with Crippen LogP contribution in [0.3, 0.4) is 0 Å². The van der Waals surface area contributed by atoms with Crippen molar-refractivity contribution in [3.63, 3.8) is 0 Å². The summed E-state index contributed by atoms with van der Waals surface area (Å²) in [7, 11) is 1.72. The Hall–Kier alpha value is -1.24. The topological polar surface area (TPSA) is 9.23 Å². The van der Waals surface area contributed by atoms with Crippen LogP contribution in [0.15, 0.2) is 24.3 Å². The van der Waals surface area contributed by atoms with Gasteiger partial charge in [0.15, 0.2) is 0 Å². The average molecular weight is 188 g/mol. The predicted octanol–water partition coefficient (Wildman–Crippen LogP) is 3.43. The van der Waals surface area contributed by atoms with Crippen LogP contribution in [0.25, 0.3) is 5.57 Å². The largest absolute Gasteiger partial charge is 0.497 e. The Bertz CT molecular complexity index is 363. The van der Waals surface area contributed by atoms with E-state index in [-0.39, 0.29) is 0 Å². The molecule has 0 amide bonds. The molecule has 0 saturated carbocycles. The first kappa shape index (κ1) is 9.32. The lowest BCUT2D eigenvalue weighted by Gasteiger charge is -2.04. The number of rotatable bonds is 2. The Morgan fingerprint density at radius 1 is 1.36 bits per heavy atom. The summed E-state index contributed by atoms with van der Waals surface area (Å²) in [6.45, 7) is 2.19. The molecule has 14 heavy (non-hydrogen) atoms. The number of fused-ring (bicyclic) bond motifs is 1. The van der Waals surface area contributed by atoms with E-state index >= 15 is 0 Å². The standard InChI is InChI=1S/C13H16O/c1-3-4-10-5-6-11-7-8-12(14-2)9-13(10)11/h4,7-9H,3,5-6H2,1-2H3. The fourth-order valence-corrected chi connectivity index (χ4v) is 2.06. The average Bonchev–Trinajstić information content (AvgIpc) is 2.61. The van der Waals surface area contributed by atoms with Crippen molar-refractivity contribution < 1.29 is 4.74 Å². The SMILES string of the molecule is CCC=C1CCc2ccc(OC)cc21. The van der Waals surface area contributed by atoms with Gasteiger partial charge in [0.2, 0.25) is 0 Å². The smallest absolute Gasteiger partial charge is 0.119 e. The number of ether oxygens (including phenoxy) is 1. The molecular formula is C13H16O. The van der Waals surface area contributed by atoms with Gasteiger partial charge in [-0.3, -0.25) is 0 Å². The Balaban J connectivity index is 2.42. The van der Waals surface area contributed by atoms with Crippen LogP contribution in [0.2, 0.25) is 0 Å². The lowest BCUT2D eigenvalue weighted by molar-refractivity contribution is 0.414. The first-order valence-corrected chi connectivity index (χ1v) is 5.21. The summed E-state index contributed by atoms with van der Waals surface area (Å²) in [5.74, 6) is 0.965. The molecule has 1 aromatic rings. The Morgan fingerprint density at radius 3 is 2.93 bits per heavy atom. The zero-order chi connectivity index (χ0) is 9.97. The summed E-state index contributed by atoms with van der Waals surface area (Å²) in [5.41, 5.74) is 4.35. The van der Waals surface area contributed by atoms with Gasteiger partial charge in [0.25, 0.3) is 0 Å². The van der Waals surface area contributed by atoms with E-state index in [1.54, 1.807) is 7.11 Å². The number of hydrogen-bond donors (Lipinski definition) is 0. The summed E-state index contributed by atoms with van der Waals surface area (Å²) < 4.78 is 5.24. The summed E-state index contributed by atoms with van der Waals surface area (Å²) in [4.78, 5) is 0. The van der Waals surface area contributed by atoms with Crippen LogP contribution < -0.4 is 4.74 Å². The minimum atomic E-state index is 0.965. The molecule has 2 rings (SSSR count). The van der Waals surface area contributed by atoms with E-state index < -0.39 is 0 Å². The first-order valence-electron chi connectivity index (χ1n) is 5.21. The minimum absolute atomic E-state index is 0.965. The van der Waals surface area contributed by atoms with Crippen molar-refractivity contribution in [1.82, 2.24) is 0 Å². The molecule has 1 aromatic carbocycles. The lowest BCUT2D eigenvalue weighted by atomic mass is 10.1. The highest BCUT2D eigenvalue weighted by Crippen LogP contribution is 2.34. The molecule has 0 heterocycles. The third kappa shape index (κ3) is 1.54. The van der Waals surface area contributed by atoms with Crippen molar-refractivity contribution >= 4 is 5.57 Å². The van der Waals surface area contributed by atoms with Crippen molar-refractivity contribution in [2.75, 3.05) is 7.11 Å². The molecular weight excluding hydrogens is 172 g/mol. The molecule has 1 nitrogen and oxygen atoms in total. The van der Waals surface area contributed by atoms with Crippen LogP contribution in [0.1, 0.15) is 30.9 Å². The third-order valence-corrected chi connectivity index (χ3v) is 2.78. The molecule has 1 aliphatic carbocycles. The first-order chi connectivity index (χ1) is 6.85. The molecule has 0 aromatic heterocycles. The number of allylic oxidation sites excluding steroid dienone is 2. The van der Waals surface area contributed by atoms with Crippen LogP contribution in [0.5, 0.6) is 5.75 Å². The second-order valence-electron chi connectivity index (χ2n) is 3.66. The fraction of sp³-hybridized carbons (Fsp3) is 0.385. The van der Waals surface area contributed by atoms with Gasteiger partial charge >= 0.3 is 0 Å². The van der Waals surface area contributed by atoms with E-state index in [9.17, 15) is 0 Å². The third-order valence-electron chi connectivity index (χ3n) is 2.78. The van der Waals surface area contributed by atoms with Gasteiger partial charge in [-0.2, -0.15) is 0 Å². The summed E-state index contributed by atoms with van der Waals surface area (Å²) in [6, 6.07) is 6.39. The predicted molar refractivity (Wildman–Crippen MR) is 59.6 cm³/mol. The van der Waals surface area contributed by atoms with Crippen molar-refractivity contribution in [3.8, 4) is 5.75 Å².